The second kappa shape index (κ2) is 8.71. The lowest BCUT2D eigenvalue weighted by Gasteiger charge is -2.32. The first-order valence-corrected chi connectivity index (χ1v) is 13.0. The van der Waals surface area contributed by atoms with Crippen LogP contribution in [0, 0.1) is 0 Å². The van der Waals surface area contributed by atoms with Gasteiger partial charge >= 0.3 is 6.03 Å². The highest BCUT2D eigenvalue weighted by molar-refractivity contribution is 7.18. The zero-order valence-corrected chi connectivity index (χ0v) is 20.8. The van der Waals surface area contributed by atoms with Crippen LogP contribution in [-0.2, 0) is 15.1 Å². The summed E-state index contributed by atoms with van der Waals surface area (Å²) in [4.78, 5) is 47.1. The number of thiazole rings is 1. The molecule has 2 aliphatic heterocycles. The highest BCUT2D eigenvalue weighted by atomic mass is 32.1. The third-order valence-electron chi connectivity index (χ3n) is 7.40. The molecule has 0 aliphatic carbocycles. The fourth-order valence-electron chi connectivity index (χ4n) is 5.36. The van der Waals surface area contributed by atoms with E-state index in [4.69, 9.17) is 4.98 Å². The number of carbonyl (C=O) groups is 3. The van der Waals surface area contributed by atoms with Crippen molar-refractivity contribution in [3.8, 4) is 0 Å². The van der Waals surface area contributed by atoms with Gasteiger partial charge in [-0.15, -0.1) is 11.3 Å². The molecule has 4 amide bonds. The lowest BCUT2D eigenvalue weighted by molar-refractivity contribution is -0.139. The number of para-hydroxylation sites is 1. The number of fused-ring (bicyclic) bond motifs is 2. The van der Waals surface area contributed by atoms with Gasteiger partial charge in [-0.05, 0) is 48.2 Å². The van der Waals surface area contributed by atoms with Gasteiger partial charge in [0.05, 0.1) is 15.2 Å². The number of hydrogen-bond donors (Lipinski definition) is 1. The van der Waals surface area contributed by atoms with Gasteiger partial charge in [0.15, 0.2) is 0 Å². The molecule has 2 saturated heterocycles. The number of piperidine rings is 1. The maximum atomic E-state index is 13.5. The molecule has 182 valence electrons. The average Bonchev–Trinajstić information content (AvgIpc) is 3.43. The first kappa shape index (κ1) is 22.7. The van der Waals surface area contributed by atoms with Gasteiger partial charge in [0, 0.05) is 19.0 Å². The first-order chi connectivity index (χ1) is 17.4. The van der Waals surface area contributed by atoms with Gasteiger partial charge in [-0.25, -0.2) is 9.78 Å². The highest BCUT2D eigenvalue weighted by Gasteiger charge is 2.50. The normalized spacial score (nSPS) is 20.9. The summed E-state index contributed by atoms with van der Waals surface area (Å²) in [6.45, 7) is 2.63. The largest absolute Gasteiger partial charge is 0.341 e. The molecule has 0 unspecified atom stereocenters. The van der Waals surface area contributed by atoms with E-state index < -0.39 is 17.5 Å². The number of nitrogens with one attached hydrogen (secondary N) is 1. The van der Waals surface area contributed by atoms with Crippen molar-refractivity contribution < 1.29 is 14.4 Å². The van der Waals surface area contributed by atoms with Crippen molar-refractivity contribution in [1.29, 1.82) is 0 Å². The van der Waals surface area contributed by atoms with Crippen molar-refractivity contribution in [3.05, 3.63) is 77.3 Å². The lowest BCUT2D eigenvalue weighted by Crippen LogP contribution is -2.46. The Bertz CT molecular complexity index is 1470. The first-order valence-electron chi connectivity index (χ1n) is 12.2. The van der Waals surface area contributed by atoms with Crippen LogP contribution in [-0.4, -0.2) is 52.3 Å². The molecular formula is C28H26N4O3S. The smallest absolute Gasteiger partial charge is 0.325 e. The van der Waals surface area contributed by atoms with Gasteiger partial charge in [0.25, 0.3) is 5.91 Å². The summed E-state index contributed by atoms with van der Waals surface area (Å²) in [6, 6.07) is 21.1. The molecule has 6 rings (SSSR count). The fraction of sp³-hybridized carbons (Fsp3) is 0.286. The Morgan fingerprint density at radius 1 is 1.03 bits per heavy atom. The zero-order valence-electron chi connectivity index (χ0n) is 19.9. The Kier molecular flexibility index (Phi) is 5.48. The third kappa shape index (κ3) is 3.73. The van der Waals surface area contributed by atoms with Crippen LogP contribution in [0.3, 0.4) is 0 Å². The van der Waals surface area contributed by atoms with Crippen LogP contribution >= 0.6 is 11.3 Å². The average molecular weight is 499 g/mol. The molecule has 3 aromatic carbocycles. The van der Waals surface area contributed by atoms with E-state index in [9.17, 15) is 14.4 Å². The minimum Gasteiger partial charge on any atom is -0.341 e. The number of nitrogens with zero attached hydrogens (tertiary/aromatic N) is 3. The molecule has 8 heteroatoms. The van der Waals surface area contributed by atoms with Crippen LogP contribution in [0.4, 0.5) is 4.79 Å². The number of amides is 4. The quantitative estimate of drug-likeness (QED) is 0.416. The Labute approximate surface area is 212 Å². The molecular weight excluding hydrogens is 472 g/mol. The standard InChI is InChI=1S/C28H26N4O3S/c1-28(21-10-6-8-18-7-2-3-9-20(18)21)26(34)32(27(35)30-28)17-24(33)31-15-13-19(14-16-31)25-29-22-11-4-5-12-23(22)36-25/h2-12,19H,13-17H2,1H3,(H,30,35)/t28-/m1/s1. The maximum absolute atomic E-state index is 13.5. The van der Waals surface area contributed by atoms with Gasteiger partial charge in [-0.2, -0.15) is 0 Å². The Hall–Kier alpha value is -3.78. The summed E-state index contributed by atoms with van der Waals surface area (Å²) >= 11 is 1.72. The Morgan fingerprint density at radius 2 is 1.75 bits per heavy atom. The number of rotatable bonds is 4. The third-order valence-corrected chi connectivity index (χ3v) is 8.60. The monoisotopic (exact) mass is 498 g/mol. The van der Waals surface area contributed by atoms with Crippen LogP contribution in [0.1, 0.15) is 36.3 Å². The topological polar surface area (TPSA) is 82.6 Å². The predicted molar refractivity (Wildman–Crippen MR) is 140 cm³/mol. The van der Waals surface area contributed by atoms with E-state index in [2.05, 4.69) is 11.4 Å². The molecule has 2 fully saturated rings. The minimum absolute atomic E-state index is 0.205. The number of imide groups is 1. The molecule has 1 atom stereocenters. The van der Waals surface area contributed by atoms with E-state index in [-0.39, 0.29) is 12.5 Å². The summed E-state index contributed by atoms with van der Waals surface area (Å²) in [5, 5.41) is 5.86. The van der Waals surface area contributed by atoms with Crippen LogP contribution in [0.25, 0.3) is 21.0 Å². The van der Waals surface area contributed by atoms with Crippen LogP contribution in [0.2, 0.25) is 0 Å². The van der Waals surface area contributed by atoms with Gasteiger partial charge < -0.3 is 10.2 Å². The number of benzene rings is 3. The summed E-state index contributed by atoms with van der Waals surface area (Å²) < 4.78 is 1.18. The maximum Gasteiger partial charge on any atom is 0.325 e. The number of urea groups is 1. The Balaban J connectivity index is 1.14. The van der Waals surface area contributed by atoms with Crippen molar-refractivity contribution in [1.82, 2.24) is 20.1 Å². The van der Waals surface area contributed by atoms with E-state index in [1.54, 1.807) is 23.2 Å². The number of hydrogen-bond acceptors (Lipinski definition) is 5. The van der Waals surface area contributed by atoms with Crippen LogP contribution < -0.4 is 5.32 Å². The second-order valence-electron chi connectivity index (χ2n) is 9.65. The number of aromatic nitrogens is 1. The van der Waals surface area contributed by atoms with Crippen LogP contribution in [0.5, 0.6) is 0 Å². The molecule has 1 aromatic heterocycles. The molecule has 1 N–H and O–H groups in total. The lowest BCUT2D eigenvalue weighted by atomic mass is 9.88. The molecule has 0 saturated carbocycles. The van der Waals surface area contributed by atoms with Crippen molar-refractivity contribution in [3.63, 3.8) is 0 Å². The molecule has 0 radical (unpaired) electrons. The molecule has 0 bridgehead atoms. The summed E-state index contributed by atoms with van der Waals surface area (Å²) in [7, 11) is 0. The summed E-state index contributed by atoms with van der Waals surface area (Å²) in [5.41, 5.74) is 0.521. The fourth-order valence-corrected chi connectivity index (χ4v) is 6.50. The van der Waals surface area contributed by atoms with Gasteiger partial charge in [0.2, 0.25) is 5.91 Å². The van der Waals surface area contributed by atoms with Gasteiger partial charge in [-0.1, -0.05) is 54.6 Å². The molecule has 3 heterocycles. The van der Waals surface area contributed by atoms with Gasteiger partial charge in [0.1, 0.15) is 12.1 Å². The minimum atomic E-state index is -1.22. The van der Waals surface area contributed by atoms with Crippen molar-refractivity contribution in [2.75, 3.05) is 19.6 Å². The molecule has 36 heavy (non-hydrogen) atoms. The second-order valence-corrected chi connectivity index (χ2v) is 10.7. The summed E-state index contributed by atoms with van der Waals surface area (Å²) in [5.74, 6) is -0.289. The Morgan fingerprint density at radius 3 is 2.56 bits per heavy atom. The van der Waals surface area contributed by atoms with E-state index in [0.29, 0.717) is 19.0 Å². The number of likely N-dealkylation sites (tertiary alicyclic amines) is 1. The van der Waals surface area contributed by atoms with Gasteiger partial charge in [-0.3, -0.25) is 14.5 Å². The zero-order chi connectivity index (χ0) is 24.9. The van der Waals surface area contributed by atoms with E-state index in [1.807, 2.05) is 60.7 Å². The van der Waals surface area contributed by atoms with E-state index in [1.165, 1.54) is 4.70 Å². The molecule has 7 nitrogen and oxygen atoms in total. The van der Waals surface area contributed by atoms with Crippen molar-refractivity contribution >= 4 is 50.2 Å². The summed E-state index contributed by atoms with van der Waals surface area (Å²) in [6.07, 6.45) is 1.64. The molecule has 0 spiro atoms. The predicted octanol–water partition coefficient (Wildman–Crippen LogP) is 4.62. The molecule has 4 aromatic rings. The van der Waals surface area contributed by atoms with E-state index in [0.717, 1.165) is 44.6 Å². The van der Waals surface area contributed by atoms with E-state index >= 15 is 0 Å². The van der Waals surface area contributed by atoms with Crippen molar-refractivity contribution in [2.45, 2.75) is 31.2 Å². The SMILES string of the molecule is C[C@]1(c2cccc3ccccc23)NC(=O)N(CC(=O)N2CCC(c3nc4ccccc4s3)CC2)C1=O. The highest BCUT2D eigenvalue weighted by Crippen LogP contribution is 2.35. The molecule has 2 aliphatic rings. The number of carbonyl (C=O) groups excluding carboxylic acids is 3. The van der Waals surface area contributed by atoms with Crippen molar-refractivity contribution in [2.24, 2.45) is 0 Å². The van der Waals surface area contributed by atoms with Crippen LogP contribution in [0.15, 0.2) is 66.7 Å².